The third kappa shape index (κ3) is 5.63. The zero-order valence-electron chi connectivity index (χ0n) is 13.8. The molecule has 114 valence electrons. The summed E-state index contributed by atoms with van der Waals surface area (Å²) in [5, 5.41) is 0. The Morgan fingerprint density at radius 1 is 0.900 bits per heavy atom. The van der Waals surface area contributed by atoms with Crippen molar-refractivity contribution in [2.45, 2.75) is 45.1 Å². The van der Waals surface area contributed by atoms with Crippen molar-refractivity contribution in [1.82, 2.24) is 0 Å². The quantitative estimate of drug-likeness (QED) is 0.569. The highest BCUT2D eigenvalue weighted by atomic mass is 28.4. The molecule has 0 saturated heterocycles. The summed E-state index contributed by atoms with van der Waals surface area (Å²) in [6.45, 7) is 13.6. The standard InChI is InChI=1S/C14H28O3Si3/c1-19(2,3)16-14(12-15-18,17-20(4,5)6)13-10-8-7-9-11-13/h7-11H,12H2,1-6,18H3. The maximum absolute atomic E-state index is 6.48. The van der Waals surface area contributed by atoms with Gasteiger partial charge in [-0.05, 0) is 39.3 Å². The fraction of sp³-hybridized carbons (Fsp3) is 0.571. The van der Waals surface area contributed by atoms with Gasteiger partial charge in [0, 0.05) is 5.56 Å². The summed E-state index contributed by atoms with van der Waals surface area (Å²) in [5.41, 5.74) is 1.06. The smallest absolute Gasteiger partial charge is 0.199 e. The zero-order valence-corrected chi connectivity index (χ0v) is 17.8. The Morgan fingerprint density at radius 3 is 1.70 bits per heavy atom. The highest BCUT2D eigenvalue weighted by Gasteiger charge is 2.42. The Kier molecular flexibility index (Phi) is 5.94. The SMILES string of the molecule is C[Si](C)(C)OC(CO[SiH3])(O[Si](C)(C)C)c1ccccc1. The van der Waals surface area contributed by atoms with Gasteiger partial charge in [0.1, 0.15) is 10.5 Å². The second kappa shape index (κ2) is 6.68. The maximum Gasteiger partial charge on any atom is 0.199 e. The summed E-state index contributed by atoms with van der Waals surface area (Å²) in [6, 6.07) is 10.2. The first-order valence-electron chi connectivity index (χ1n) is 7.03. The molecule has 0 N–H and O–H groups in total. The Bertz CT molecular complexity index is 394. The van der Waals surface area contributed by atoms with Gasteiger partial charge in [-0.3, -0.25) is 0 Å². The van der Waals surface area contributed by atoms with Crippen LogP contribution in [0.3, 0.4) is 0 Å². The fourth-order valence-corrected chi connectivity index (χ4v) is 5.03. The van der Waals surface area contributed by atoms with Crippen LogP contribution in [0.5, 0.6) is 0 Å². The van der Waals surface area contributed by atoms with Crippen LogP contribution < -0.4 is 0 Å². The largest absolute Gasteiger partial charge is 0.422 e. The molecule has 6 heteroatoms. The van der Waals surface area contributed by atoms with Crippen LogP contribution in [0, 0.1) is 0 Å². The van der Waals surface area contributed by atoms with Gasteiger partial charge in [-0.2, -0.15) is 0 Å². The molecule has 0 radical (unpaired) electrons. The lowest BCUT2D eigenvalue weighted by Gasteiger charge is -2.43. The zero-order chi connectivity index (χ0) is 15.4. The van der Waals surface area contributed by atoms with Crippen molar-refractivity contribution in [3.8, 4) is 0 Å². The average molecular weight is 329 g/mol. The van der Waals surface area contributed by atoms with E-state index in [1.807, 2.05) is 18.2 Å². The highest BCUT2D eigenvalue weighted by Crippen LogP contribution is 2.34. The molecule has 1 aromatic carbocycles. The molecular formula is C14H28O3Si3. The normalized spacial score (nSPS) is 13.7. The van der Waals surface area contributed by atoms with E-state index in [0.29, 0.717) is 17.1 Å². The van der Waals surface area contributed by atoms with E-state index >= 15 is 0 Å². The van der Waals surface area contributed by atoms with Crippen molar-refractivity contribution in [2.24, 2.45) is 0 Å². The summed E-state index contributed by atoms with van der Waals surface area (Å²) in [6.07, 6.45) is 0. The minimum absolute atomic E-state index is 0.470. The van der Waals surface area contributed by atoms with Crippen LogP contribution in [-0.2, 0) is 19.1 Å². The maximum atomic E-state index is 6.48. The first kappa shape index (κ1) is 17.8. The summed E-state index contributed by atoms with van der Waals surface area (Å²) in [5.74, 6) is -0.752. The molecule has 20 heavy (non-hydrogen) atoms. The Balaban J connectivity index is 3.26. The minimum atomic E-state index is -1.78. The van der Waals surface area contributed by atoms with E-state index in [9.17, 15) is 0 Å². The number of hydrogen-bond acceptors (Lipinski definition) is 3. The van der Waals surface area contributed by atoms with E-state index in [-0.39, 0.29) is 0 Å². The van der Waals surface area contributed by atoms with E-state index in [2.05, 4.69) is 51.4 Å². The topological polar surface area (TPSA) is 27.7 Å². The van der Waals surface area contributed by atoms with E-state index in [1.54, 1.807) is 0 Å². The van der Waals surface area contributed by atoms with E-state index in [0.717, 1.165) is 5.56 Å². The summed E-state index contributed by atoms with van der Waals surface area (Å²) >= 11 is 0. The molecule has 0 unspecified atom stereocenters. The van der Waals surface area contributed by atoms with E-state index in [4.69, 9.17) is 13.3 Å². The molecule has 0 saturated carbocycles. The van der Waals surface area contributed by atoms with Gasteiger partial charge in [0.05, 0.1) is 6.61 Å². The van der Waals surface area contributed by atoms with Crippen LogP contribution in [0.2, 0.25) is 39.3 Å². The van der Waals surface area contributed by atoms with Crippen molar-refractivity contribution >= 4 is 27.1 Å². The first-order valence-corrected chi connectivity index (χ1v) is 14.7. The van der Waals surface area contributed by atoms with Crippen LogP contribution in [0.4, 0.5) is 0 Å². The average Bonchev–Trinajstić information content (AvgIpc) is 2.26. The summed E-state index contributed by atoms with van der Waals surface area (Å²) in [4.78, 5) is 0. The van der Waals surface area contributed by atoms with E-state index < -0.39 is 22.4 Å². The Morgan fingerprint density at radius 2 is 1.35 bits per heavy atom. The van der Waals surface area contributed by atoms with Crippen LogP contribution >= 0.6 is 0 Å². The second-order valence-electron chi connectivity index (χ2n) is 6.98. The number of hydrogen-bond donors (Lipinski definition) is 0. The summed E-state index contributed by atoms with van der Waals surface area (Å²) in [7, 11) is -2.88. The molecule has 0 spiro atoms. The van der Waals surface area contributed by atoms with Crippen molar-refractivity contribution in [1.29, 1.82) is 0 Å². The van der Waals surface area contributed by atoms with Gasteiger partial charge in [0.15, 0.2) is 22.4 Å². The lowest BCUT2D eigenvalue weighted by atomic mass is 10.1. The van der Waals surface area contributed by atoms with Crippen LogP contribution in [0.15, 0.2) is 30.3 Å². The molecule has 0 fully saturated rings. The van der Waals surface area contributed by atoms with Crippen LogP contribution in [-0.4, -0.2) is 33.7 Å². The molecule has 1 aromatic rings. The lowest BCUT2D eigenvalue weighted by molar-refractivity contribution is -0.158. The molecule has 0 aliphatic heterocycles. The van der Waals surface area contributed by atoms with Crippen LogP contribution in [0.25, 0.3) is 0 Å². The van der Waals surface area contributed by atoms with E-state index in [1.165, 1.54) is 0 Å². The third-order valence-corrected chi connectivity index (χ3v) is 4.66. The molecule has 0 aliphatic carbocycles. The lowest BCUT2D eigenvalue weighted by Crippen LogP contribution is -2.50. The van der Waals surface area contributed by atoms with Gasteiger partial charge < -0.3 is 13.3 Å². The number of rotatable bonds is 7. The predicted octanol–water partition coefficient (Wildman–Crippen LogP) is 2.84. The molecule has 0 atom stereocenters. The first-order chi connectivity index (χ1) is 9.08. The van der Waals surface area contributed by atoms with Gasteiger partial charge in [0.2, 0.25) is 0 Å². The monoisotopic (exact) mass is 328 g/mol. The molecule has 1 rings (SSSR count). The van der Waals surface area contributed by atoms with Crippen molar-refractivity contribution in [3.05, 3.63) is 35.9 Å². The molecular weight excluding hydrogens is 300 g/mol. The van der Waals surface area contributed by atoms with Gasteiger partial charge in [-0.25, -0.2) is 0 Å². The molecule has 0 heterocycles. The molecule has 0 aromatic heterocycles. The van der Waals surface area contributed by atoms with Gasteiger partial charge in [0.25, 0.3) is 0 Å². The number of benzene rings is 1. The van der Waals surface area contributed by atoms with Crippen molar-refractivity contribution in [3.63, 3.8) is 0 Å². The predicted molar refractivity (Wildman–Crippen MR) is 92.9 cm³/mol. The van der Waals surface area contributed by atoms with Crippen LogP contribution in [0.1, 0.15) is 5.56 Å². The third-order valence-electron chi connectivity index (χ3n) is 2.49. The van der Waals surface area contributed by atoms with Crippen molar-refractivity contribution in [2.75, 3.05) is 6.61 Å². The highest BCUT2D eigenvalue weighted by molar-refractivity contribution is 6.71. The van der Waals surface area contributed by atoms with Crippen molar-refractivity contribution < 1.29 is 13.3 Å². The Labute approximate surface area is 128 Å². The van der Waals surface area contributed by atoms with Gasteiger partial charge >= 0.3 is 0 Å². The molecule has 0 aliphatic rings. The molecule has 0 amide bonds. The van der Waals surface area contributed by atoms with Gasteiger partial charge in [-0.15, -0.1) is 0 Å². The Hall–Kier alpha value is -0.249. The molecule has 3 nitrogen and oxygen atoms in total. The van der Waals surface area contributed by atoms with Gasteiger partial charge in [-0.1, -0.05) is 30.3 Å². The molecule has 0 bridgehead atoms. The second-order valence-corrected chi connectivity index (χ2v) is 16.4. The summed E-state index contributed by atoms with van der Waals surface area (Å²) < 4.78 is 18.5. The fourth-order valence-electron chi connectivity index (χ4n) is 2.15. The minimum Gasteiger partial charge on any atom is -0.422 e.